The summed E-state index contributed by atoms with van der Waals surface area (Å²) in [6, 6.07) is 5.62. The minimum absolute atomic E-state index is 0.0659. The molecule has 26 heavy (non-hydrogen) atoms. The highest BCUT2D eigenvalue weighted by molar-refractivity contribution is 5.92. The Labute approximate surface area is 152 Å². The molecule has 2 fully saturated rings. The molecule has 0 N–H and O–H groups in total. The molecule has 4 heterocycles. The number of nitrogens with zero attached hydrogens (tertiary/aromatic N) is 3. The van der Waals surface area contributed by atoms with E-state index in [1.165, 1.54) is 6.39 Å². The van der Waals surface area contributed by atoms with Crippen LogP contribution in [0.2, 0.25) is 0 Å². The number of aryl methyl sites for hydroxylation is 1. The number of likely N-dealkylation sites (tertiary alicyclic amines) is 1. The lowest BCUT2D eigenvalue weighted by Gasteiger charge is -2.38. The van der Waals surface area contributed by atoms with Crippen molar-refractivity contribution in [2.45, 2.75) is 32.3 Å². The molecule has 0 aliphatic carbocycles. The molecule has 2 aromatic heterocycles. The first-order valence-corrected chi connectivity index (χ1v) is 9.00. The van der Waals surface area contributed by atoms with E-state index in [9.17, 15) is 4.79 Å². The Bertz CT molecular complexity index is 753. The zero-order valence-corrected chi connectivity index (χ0v) is 14.9. The Morgan fingerprint density at radius 3 is 2.88 bits per heavy atom. The molecule has 1 spiro atoms. The molecular weight excluding hydrogens is 334 g/mol. The monoisotopic (exact) mass is 357 g/mol. The van der Waals surface area contributed by atoms with Crippen LogP contribution in [0.4, 0.5) is 0 Å². The van der Waals surface area contributed by atoms with Crippen LogP contribution in [-0.4, -0.2) is 53.2 Å². The molecule has 7 nitrogen and oxygen atoms in total. The molecule has 1 amide bonds. The number of carbonyl (C=O) groups excluding carboxylic acids is 1. The first-order chi connectivity index (χ1) is 12.7. The van der Waals surface area contributed by atoms with Gasteiger partial charge >= 0.3 is 0 Å². The van der Waals surface area contributed by atoms with E-state index < -0.39 is 0 Å². The normalized spacial score (nSPS) is 21.9. The van der Waals surface area contributed by atoms with E-state index in [0.717, 1.165) is 39.0 Å². The maximum atomic E-state index is 12.5. The lowest BCUT2D eigenvalue weighted by Crippen LogP contribution is -2.43. The van der Waals surface area contributed by atoms with E-state index >= 15 is 0 Å². The van der Waals surface area contributed by atoms with E-state index in [0.29, 0.717) is 23.9 Å². The molecule has 2 aliphatic heterocycles. The van der Waals surface area contributed by atoms with Gasteiger partial charge in [-0.3, -0.25) is 4.79 Å². The summed E-state index contributed by atoms with van der Waals surface area (Å²) in [5.41, 5.74) is 0.789. The molecule has 2 aliphatic rings. The Hall–Kier alpha value is -2.41. The fraction of sp³-hybridized carbons (Fsp3) is 0.526. The zero-order valence-electron chi connectivity index (χ0n) is 14.9. The summed E-state index contributed by atoms with van der Waals surface area (Å²) in [4.78, 5) is 22.6. The van der Waals surface area contributed by atoms with Crippen molar-refractivity contribution in [1.29, 1.82) is 0 Å². The Kier molecular flexibility index (Phi) is 4.63. The van der Waals surface area contributed by atoms with Crippen LogP contribution in [0.3, 0.4) is 0 Å². The second kappa shape index (κ2) is 7.07. The van der Waals surface area contributed by atoms with Crippen molar-refractivity contribution in [3.8, 4) is 5.88 Å². The summed E-state index contributed by atoms with van der Waals surface area (Å²) >= 11 is 0. The number of ether oxygens (including phenoxy) is 2. The number of oxazole rings is 1. The van der Waals surface area contributed by atoms with Gasteiger partial charge in [-0.2, -0.15) is 0 Å². The lowest BCUT2D eigenvalue weighted by atomic mass is 9.76. The molecule has 1 atom stereocenters. The number of pyridine rings is 1. The number of hydrogen-bond acceptors (Lipinski definition) is 6. The third-order valence-corrected chi connectivity index (χ3v) is 5.39. The van der Waals surface area contributed by atoms with Crippen LogP contribution in [-0.2, 0) is 4.74 Å². The summed E-state index contributed by atoms with van der Waals surface area (Å²) in [5, 5.41) is 0. The van der Waals surface area contributed by atoms with Gasteiger partial charge in [-0.25, -0.2) is 9.97 Å². The Morgan fingerprint density at radius 2 is 2.19 bits per heavy atom. The largest absolute Gasteiger partial charge is 0.475 e. The maximum absolute atomic E-state index is 12.5. The molecule has 2 saturated heterocycles. The molecule has 7 heteroatoms. The summed E-state index contributed by atoms with van der Waals surface area (Å²) in [7, 11) is 0. The first kappa shape index (κ1) is 17.0. The fourth-order valence-electron chi connectivity index (χ4n) is 3.80. The van der Waals surface area contributed by atoms with Gasteiger partial charge in [-0.05, 0) is 37.7 Å². The average molecular weight is 357 g/mol. The number of piperidine rings is 1. The van der Waals surface area contributed by atoms with Crippen LogP contribution < -0.4 is 4.74 Å². The molecule has 138 valence electrons. The molecule has 2 aromatic rings. The third kappa shape index (κ3) is 3.44. The highest BCUT2D eigenvalue weighted by Crippen LogP contribution is 2.42. The number of aromatic nitrogens is 2. The second-order valence-electron chi connectivity index (χ2n) is 7.18. The highest BCUT2D eigenvalue weighted by Gasteiger charge is 2.43. The van der Waals surface area contributed by atoms with Crippen LogP contribution >= 0.6 is 0 Å². The topological polar surface area (TPSA) is 77.7 Å². The van der Waals surface area contributed by atoms with Crippen molar-refractivity contribution >= 4 is 5.91 Å². The van der Waals surface area contributed by atoms with Gasteiger partial charge in [0.15, 0.2) is 6.39 Å². The predicted molar refractivity (Wildman–Crippen MR) is 92.9 cm³/mol. The minimum Gasteiger partial charge on any atom is -0.475 e. The summed E-state index contributed by atoms with van der Waals surface area (Å²) in [5.74, 6) is 0.911. The molecule has 4 rings (SSSR count). The average Bonchev–Trinajstić information content (AvgIpc) is 3.27. The predicted octanol–water partition coefficient (Wildman–Crippen LogP) is 2.47. The number of carbonyl (C=O) groups is 1. The standard InChI is InChI=1S/C19H23N3O4/c1-14-17(26-13-21-14)18(23)22-8-5-19(6-9-22)10-15(25-12-19)11-24-16-4-2-3-7-20-16/h2-4,7,13,15H,5-6,8-12H2,1H3/t15-/m0/s1. The number of rotatable bonds is 4. The lowest BCUT2D eigenvalue weighted by molar-refractivity contribution is 0.0409. The van der Waals surface area contributed by atoms with Crippen LogP contribution in [0.25, 0.3) is 0 Å². The zero-order chi connectivity index (χ0) is 18.0. The Morgan fingerprint density at radius 1 is 1.35 bits per heavy atom. The molecule has 0 aromatic carbocycles. The SMILES string of the molecule is Cc1ncoc1C(=O)N1CCC2(CC1)CO[C@H](COc1ccccn1)C2. The van der Waals surface area contributed by atoms with E-state index in [1.807, 2.05) is 23.1 Å². The van der Waals surface area contributed by atoms with E-state index in [-0.39, 0.29) is 17.4 Å². The maximum Gasteiger partial charge on any atom is 0.291 e. The van der Waals surface area contributed by atoms with Crippen molar-refractivity contribution in [2.75, 3.05) is 26.3 Å². The van der Waals surface area contributed by atoms with Crippen LogP contribution in [0.5, 0.6) is 5.88 Å². The first-order valence-electron chi connectivity index (χ1n) is 9.00. The fourth-order valence-corrected chi connectivity index (χ4v) is 3.80. The molecule has 0 bridgehead atoms. The van der Waals surface area contributed by atoms with E-state index in [1.54, 1.807) is 13.1 Å². The molecule has 0 unspecified atom stereocenters. The molecular formula is C19H23N3O4. The summed E-state index contributed by atoms with van der Waals surface area (Å²) < 4.78 is 16.9. The Balaban J connectivity index is 1.29. The third-order valence-electron chi connectivity index (χ3n) is 5.39. The van der Waals surface area contributed by atoms with E-state index in [2.05, 4.69) is 9.97 Å². The van der Waals surface area contributed by atoms with Crippen molar-refractivity contribution in [3.05, 3.63) is 42.2 Å². The van der Waals surface area contributed by atoms with Crippen molar-refractivity contribution in [2.24, 2.45) is 5.41 Å². The highest BCUT2D eigenvalue weighted by atomic mass is 16.5. The van der Waals surface area contributed by atoms with Crippen molar-refractivity contribution in [1.82, 2.24) is 14.9 Å². The van der Waals surface area contributed by atoms with E-state index in [4.69, 9.17) is 13.9 Å². The van der Waals surface area contributed by atoms with Crippen molar-refractivity contribution < 1.29 is 18.7 Å². The van der Waals surface area contributed by atoms with Crippen molar-refractivity contribution in [3.63, 3.8) is 0 Å². The number of amides is 1. The smallest absolute Gasteiger partial charge is 0.291 e. The van der Waals surface area contributed by atoms with Crippen LogP contribution in [0.1, 0.15) is 35.5 Å². The van der Waals surface area contributed by atoms with Gasteiger partial charge in [-0.15, -0.1) is 0 Å². The van der Waals surface area contributed by atoms with Crippen LogP contribution in [0.15, 0.2) is 35.2 Å². The molecule has 0 saturated carbocycles. The second-order valence-corrected chi connectivity index (χ2v) is 7.18. The van der Waals surface area contributed by atoms with Crippen LogP contribution in [0, 0.1) is 12.3 Å². The van der Waals surface area contributed by atoms with Gasteiger partial charge in [0.2, 0.25) is 11.6 Å². The summed E-state index contributed by atoms with van der Waals surface area (Å²) in [6.07, 6.45) is 5.96. The number of hydrogen-bond donors (Lipinski definition) is 0. The van der Waals surface area contributed by atoms with Gasteiger partial charge in [0.1, 0.15) is 6.61 Å². The van der Waals surface area contributed by atoms with Gasteiger partial charge in [-0.1, -0.05) is 6.07 Å². The van der Waals surface area contributed by atoms with Gasteiger partial charge < -0.3 is 18.8 Å². The minimum atomic E-state index is -0.0659. The quantitative estimate of drug-likeness (QED) is 0.836. The van der Waals surface area contributed by atoms with Gasteiger partial charge in [0.05, 0.1) is 18.4 Å². The molecule has 0 radical (unpaired) electrons. The summed E-state index contributed by atoms with van der Waals surface area (Å²) in [6.45, 7) is 4.47. The van der Waals surface area contributed by atoms with Gasteiger partial charge in [0.25, 0.3) is 5.91 Å². The van der Waals surface area contributed by atoms with Gasteiger partial charge in [0, 0.05) is 25.4 Å².